The van der Waals surface area contributed by atoms with Crippen LogP contribution in [0, 0.1) is 11.8 Å². The van der Waals surface area contributed by atoms with Crippen LogP contribution in [0.25, 0.3) is 11.1 Å². The third kappa shape index (κ3) is 2.34. The Bertz CT molecular complexity index is 471. The zero-order valence-electron chi connectivity index (χ0n) is 9.18. The van der Waals surface area contributed by atoms with Gasteiger partial charge in [-0.15, -0.1) is 0 Å². The molecule has 2 heteroatoms. The van der Waals surface area contributed by atoms with Gasteiger partial charge in [0.05, 0.1) is 0 Å². The fraction of sp³-hybridized carbons (Fsp3) is 0.143. The van der Waals surface area contributed by atoms with E-state index in [2.05, 4.69) is 36.4 Å². The van der Waals surface area contributed by atoms with Crippen molar-refractivity contribution in [1.82, 2.24) is 0 Å². The Morgan fingerprint density at radius 3 is 1.88 bits per heavy atom. The van der Waals surface area contributed by atoms with Crippen molar-refractivity contribution >= 4 is 0 Å². The van der Waals surface area contributed by atoms with E-state index < -0.39 is 0 Å². The van der Waals surface area contributed by atoms with Crippen molar-refractivity contribution in [1.29, 1.82) is 0 Å². The summed E-state index contributed by atoms with van der Waals surface area (Å²) in [5, 5.41) is 2.87. The molecule has 0 N–H and O–H groups in total. The maximum atomic E-state index is 10.1. The van der Waals surface area contributed by atoms with Gasteiger partial charge in [0.1, 0.15) is 6.54 Å². The van der Waals surface area contributed by atoms with E-state index in [1.165, 1.54) is 11.1 Å². The molecular formula is C14H13NO. The molecule has 0 fully saturated rings. The van der Waals surface area contributed by atoms with E-state index in [1.807, 2.05) is 24.3 Å². The van der Waals surface area contributed by atoms with E-state index >= 15 is 0 Å². The molecule has 2 aromatic carbocycles. The number of hydrogen-bond acceptors (Lipinski definition) is 2. The Morgan fingerprint density at radius 2 is 1.38 bits per heavy atom. The smallest absolute Gasteiger partial charge is 0.106 e. The van der Waals surface area contributed by atoms with Gasteiger partial charge in [-0.25, -0.2) is 0 Å². The molecule has 0 amide bonds. The van der Waals surface area contributed by atoms with Gasteiger partial charge in [0, 0.05) is 0 Å². The molecule has 0 saturated heterocycles. The summed E-state index contributed by atoms with van der Waals surface area (Å²) in [6.07, 6.45) is 0. The van der Waals surface area contributed by atoms with Crippen LogP contribution in [0.1, 0.15) is 11.1 Å². The molecule has 16 heavy (non-hydrogen) atoms. The minimum Gasteiger partial charge on any atom is -0.150 e. The van der Waals surface area contributed by atoms with E-state index in [0.29, 0.717) is 0 Å². The molecule has 0 unspecified atom stereocenters. The number of aryl methyl sites for hydroxylation is 1. The lowest BCUT2D eigenvalue weighted by Crippen LogP contribution is -1.82. The maximum absolute atomic E-state index is 10.1. The molecule has 0 bridgehead atoms. The van der Waals surface area contributed by atoms with Gasteiger partial charge in [-0.2, -0.15) is 4.91 Å². The van der Waals surface area contributed by atoms with Gasteiger partial charge in [0.15, 0.2) is 0 Å². The molecule has 2 nitrogen and oxygen atoms in total. The molecule has 0 aromatic heterocycles. The number of benzene rings is 2. The number of nitroso groups, excluding NO2 is 1. The minimum absolute atomic E-state index is 0.244. The molecule has 0 aliphatic heterocycles. The van der Waals surface area contributed by atoms with Crippen LogP contribution in [0.3, 0.4) is 0 Å². The van der Waals surface area contributed by atoms with Gasteiger partial charge in [-0.3, -0.25) is 0 Å². The summed E-state index contributed by atoms with van der Waals surface area (Å²) in [5.41, 5.74) is 4.56. The molecule has 0 heterocycles. The fourth-order valence-corrected chi connectivity index (χ4v) is 1.62. The first-order valence-electron chi connectivity index (χ1n) is 5.25. The van der Waals surface area contributed by atoms with Crippen molar-refractivity contribution < 1.29 is 0 Å². The summed E-state index contributed by atoms with van der Waals surface area (Å²) in [6, 6.07) is 16.3. The Hall–Kier alpha value is -1.96. The molecule has 2 rings (SSSR count). The van der Waals surface area contributed by atoms with E-state index in [4.69, 9.17) is 0 Å². The molecule has 0 atom stereocenters. The second-order valence-electron chi connectivity index (χ2n) is 3.85. The molecule has 0 spiro atoms. The standard InChI is InChI=1S/C14H13NO/c1-11-2-6-13(7-3-11)14-8-4-12(5-9-14)10-15-16/h2-9H,10H2,1H3. The quantitative estimate of drug-likeness (QED) is 0.707. The minimum atomic E-state index is 0.244. The lowest BCUT2D eigenvalue weighted by Gasteiger charge is -2.03. The zero-order chi connectivity index (χ0) is 11.4. The van der Waals surface area contributed by atoms with Crippen molar-refractivity contribution in [2.45, 2.75) is 13.5 Å². The Balaban J connectivity index is 2.27. The second-order valence-corrected chi connectivity index (χ2v) is 3.85. The van der Waals surface area contributed by atoms with Gasteiger partial charge in [0.25, 0.3) is 0 Å². The fourth-order valence-electron chi connectivity index (χ4n) is 1.62. The molecule has 0 aliphatic rings. The van der Waals surface area contributed by atoms with Crippen LogP contribution in [0.5, 0.6) is 0 Å². The van der Waals surface area contributed by atoms with Gasteiger partial charge in [0.2, 0.25) is 0 Å². The third-order valence-corrected chi connectivity index (χ3v) is 2.59. The van der Waals surface area contributed by atoms with Crippen LogP contribution in [-0.4, -0.2) is 0 Å². The number of rotatable bonds is 3. The molecule has 80 valence electrons. The zero-order valence-corrected chi connectivity index (χ0v) is 9.18. The monoisotopic (exact) mass is 211 g/mol. The van der Waals surface area contributed by atoms with Crippen molar-refractivity contribution in [2.24, 2.45) is 5.18 Å². The summed E-state index contributed by atoms with van der Waals surface area (Å²) < 4.78 is 0. The van der Waals surface area contributed by atoms with Crippen molar-refractivity contribution in [3.63, 3.8) is 0 Å². The highest BCUT2D eigenvalue weighted by Crippen LogP contribution is 2.20. The summed E-state index contributed by atoms with van der Waals surface area (Å²) >= 11 is 0. The molecule has 0 radical (unpaired) electrons. The first-order valence-corrected chi connectivity index (χ1v) is 5.25. The average molecular weight is 211 g/mol. The number of hydrogen-bond donors (Lipinski definition) is 0. The van der Waals surface area contributed by atoms with Crippen LogP contribution < -0.4 is 0 Å². The van der Waals surface area contributed by atoms with E-state index in [1.54, 1.807) is 0 Å². The summed E-state index contributed by atoms with van der Waals surface area (Å²) in [5.74, 6) is 0. The number of nitrogens with zero attached hydrogens (tertiary/aromatic N) is 1. The average Bonchev–Trinajstić information content (AvgIpc) is 2.32. The molecular weight excluding hydrogens is 198 g/mol. The Morgan fingerprint density at radius 1 is 0.875 bits per heavy atom. The molecule has 0 aliphatic carbocycles. The molecule has 2 aromatic rings. The highest BCUT2D eigenvalue weighted by Gasteiger charge is 1.97. The summed E-state index contributed by atoms with van der Waals surface area (Å²) in [7, 11) is 0. The van der Waals surface area contributed by atoms with Crippen LogP contribution >= 0.6 is 0 Å². The SMILES string of the molecule is Cc1ccc(-c2ccc(CN=O)cc2)cc1. The Labute approximate surface area is 94.9 Å². The lowest BCUT2D eigenvalue weighted by molar-refractivity contribution is 1.06. The van der Waals surface area contributed by atoms with Gasteiger partial charge in [-0.05, 0) is 23.6 Å². The largest absolute Gasteiger partial charge is 0.150 e. The van der Waals surface area contributed by atoms with Crippen molar-refractivity contribution in [3.8, 4) is 11.1 Å². The highest BCUT2D eigenvalue weighted by molar-refractivity contribution is 5.63. The van der Waals surface area contributed by atoms with E-state index in [-0.39, 0.29) is 6.54 Å². The second kappa shape index (κ2) is 4.71. The Kier molecular flexibility index (Phi) is 3.10. The van der Waals surface area contributed by atoms with E-state index in [0.717, 1.165) is 11.1 Å². The van der Waals surface area contributed by atoms with Gasteiger partial charge < -0.3 is 0 Å². The van der Waals surface area contributed by atoms with Gasteiger partial charge in [-0.1, -0.05) is 59.3 Å². The predicted molar refractivity (Wildman–Crippen MR) is 66.1 cm³/mol. The lowest BCUT2D eigenvalue weighted by atomic mass is 10.0. The first kappa shape index (κ1) is 10.6. The topological polar surface area (TPSA) is 29.4 Å². The van der Waals surface area contributed by atoms with Crippen LogP contribution in [0.15, 0.2) is 53.7 Å². The van der Waals surface area contributed by atoms with Crippen LogP contribution in [0.2, 0.25) is 0 Å². The summed E-state index contributed by atoms with van der Waals surface area (Å²) in [4.78, 5) is 10.1. The first-order chi connectivity index (χ1) is 7.79. The van der Waals surface area contributed by atoms with Crippen molar-refractivity contribution in [3.05, 3.63) is 64.6 Å². The van der Waals surface area contributed by atoms with Gasteiger partial charge >= 0.3 is 0 Å². The van der Waals surface area contributed by atoms with Crippen LogP contribution in [-0.2, 0) is 6.54 Å². The normalized spacial score (nSPS) is 10.1. The predicted octanol–water partition coefficient (Wildman–Crippen LogP) is 3.93. The highest BCUT2D eigenvalue weighted by atomic mass is 16.3. The summed E-state index contributed by atoms with van der Waals surface area (Å²) in [6.45, 7) is 2.32. The van der Waals surface area contributed by atoms with E-state index in [9.17, 15) is 4.91 Å². The van der Waals surface area contributed by atoms with Crippen molar-refractivity contribution in [2.75, 3.05) is 0 Å². The maximum Gasteiger partial charge on any atom is 0.106 e. The third-order valence-electron chi connectivity index (χ3n) is 2.59. The molecule has 0 saturated carbocycles. The van der Waals surface area contributed by atoms with Crippen LogP contribution in [0.4, 0.5) is 0 Å².